The zero-order valence-corrected chi connectivity index (χ0v) is 13.1. The lowest BCUT2D eigenvalue weighted by molar-refractivity contribution is 0.0938. The Morgan fingerprint density at radius 3 is 3.05 bits per heavy atom. The third-order valence-electron chi connectivity index (χ3n) is 4.28. The highest BCUT2D eigenvalue weighted by molar-refractivity contribution is 7.21. The van der Waals surface area contributed by atoms with Gasteiger partial charge >= 0.3 is 0 Å². The van der Waals surface area contributed by atoms with Crippen molar-refractivity contribution in [3.8, 4) is 0 Å². The van der Waals surface area contributed by atoms with Crippen LogP contribution in [-0.4, -0.2) is 16.9 Å². The molecule has 2 heterocycles. The van der Waals surface area contributed by atoms with Crippen molar-refractivity contribution in [1.82, 2.24) is 10.3 Å². The van der Waals surface area contributed by atoms with E-state index in [1.807, 2.05) is 12.1 Å². The van der Waals surface area contributed by atoms with Gasteiger partial charge in [0, 0.05) is 12.2 Å². The molecule has 1 saturated carbocycles. The summed E-state index contributed by atoms with van der Waals surface area (Å²) >= 11 is 1.43. The molecule has 1 aliphatic carbocycles. The van der Waals surface area contributed by atoms with Crippen LogP contribution < -0.4 is 11.1 Å². The van der Waals surface area contributed by atoms with Gasteiger partial charge in [-0.05, 0) is 37.3 Å². The average molecular weight is 303 g/mol. The van der Waals surface area contributed by atoms with Gasteiger partial charge in [0.15, 0.2) is 0 Å². The monoisotopic (exact) mass is 303 g/mol. The highest BCUT2D eigenvalue weighted by atomic mass is 32.1. The summed E-state index contributed by atoms with van der Waals surface area (Å²) in [7, 11) is 0. The van der Waals surface area contributed by atoms with Crippen molar-refractivity contribution in [3.05, 3.63) is 23.2 Å². The molecule has 3 N–H and O–H groups in total. The molecule has 0 radical (unpaired) electrons. The van der Waals surface area contributed by atoms with E-state index in [1.165, 1.54) is 30.6 Å². The van der Waals surface area contributed by atoms with E-state index in [0.29, 0.717) is 10.6 Å². The summed E-state index contributed by atoms with van der Waals surface area (Å²) in [5, 5.41) is 3.16. The van der Waals surface area contributed by atoms with Crippen molar-refractivity contribution in [1.29, 1.82) is 0 Å². The molecule has 2 aromatic rings. The van der Waals surface area contributed by atoms with Crippen LogP contribution in [0.5, 0.6) is 0 Å². The highest BCUT2D eigenvalue weighted by Gasteiger charge is 2.22. The Bertz CT molecular complexity index is 652. The van der Waals surface area contributed by atoms with Crippen molar-refractivity contribution < 1.29 is 4.79 Å². The molecule has 3 rings (SSSR count). The third kappa shape index (κ3) is 3.02. The second-order valence-corrected chi connectivity index (χ2v) is 7.03. The van der Waals surface area contributed by atoms with E-state index in [2.05, 4.69) is 17.2 Å². The van der Waals surface area contributed by atoms with Gasteiger partial charge in [-0.25, -0.2) is 0 Å². The lowest BCUT2D eigenvalue weighted by Crippen LogP contribution is -2.34. The van der Waals surface area contributed by atoms with Crippen LogP contribution in [0.2, 0.25) is 0 Å². The number of hydrogen-bond acceptors (Lipinski definition) is 4. The number of nitrogen functional groups attached to an aromatic ring is 1. The minimum atomic E-state index is -0.0462. The first-order valence-corrected chi connectivity index (χ1v) is 8.40. The van der Waals surface area contributed by atoms with E-state index < -0.39 is 0 Å². The molecule has 0 aliphatic heterocycles. The number of aromatic nitrogens is 1. The number of anilines is 1. The zero-order valence-electron chi connectivity index (χ0n) is 12.3. The van der Waals surface area contributed by atoms with E-state index in [9.17, 15) is 4.79 Å². The smallest absolute Gasteiger partial charge is 0.263 e. The van der Waals surface area contributed by atoms with Crippen molar-refractivity contribution in [2.45, 2.75) is 45.1 Å². The first-order chi connectivity index (χ1) is 10.1. The number of nitrogens with two attached hydrogens (primary N) is 1. The Labute approximate surface area is 128 Å². The van der Waals surface area contributed by atoms with Gasteiger partial charge in [0.1, 0.15) is 10.4 Å². The summed E-state index contributed by atoms with van der Waals surface area (Å²) in [6.45, 7) is 2.29. The molecule has 5 heteroatoms. The maximum atomic E-state index is 12.5. The molecule has 0 bridgehead atoms. The number of fused-ring (bicyclic) bond motifs is 1. The predicted molar refractivity (Wildman–Crippen MR) is 87.5 cm³/mol. The standard InChI is InChI=1S/C16H21N3OS/c1-10-4-2-5-11(8-7-10)19-16(20)15-13(17)14-12(21-15)6-3-9-18-14/h3,6,9-11H,2,4-5,7-8,17H2,1H3,(H,19,20). The topological polar surface area (TPSA) is 68.0 Å². The fourth-order valence-electron chi connectivity index (χ4n) is 3.00. The van der Waals surface area contributed by atoms with Crippen LogP contribution in [0.1, 0.15) is 48.7 Å². The summed E-state index contributed by atoms with van der Waals surface area (Å²) in [5.74, 6) is 0.723. The van der Waals surface area contributed by atoms with Crippen molar-refractivity contribution in [2.24, 2.45) is 5.92 Å². The van der Waals surface area contributed by atoms with E-state index in [4.69, 9.17) is 5.73 Å². The second-order valence-electron chi connectivity index (χ2n) is 5.98. The van der Waals surface area contributed by atoms with Gasteiger partial charge in [-0.15, -0.1) is 11.3 Å². The number of nitrogens with zero attached hydrogens (tertiary/aromatic N) is 1. The fourth-order valence-corrected chi connectivity index (χ4v) is 3.98. The lowest BCUT2D eigenvalue weighted by atomic mass is 10.0. The van der Waals surface area contributed by atoms with Crippen molar-refractivity contribution in [3.63, 3.8) is 0 Å². The fraction of sp³-hybridized carbons (Fsp3) is 0.500. The largest absolute Gasteiger partial charge is 0.396 e. The first kappa shape index (κ1) is 14.3. The Balaban J connectivity index is 1.76. The lowest BCUT2D eigenvalue weighted by Gasteiger charge is -2.16. The summed E-state index contributed by atoms with van der Waals surface area (Å²) in [5.41, 5.74) is 7.33. The number of carbonyl (C=O) groups excluding carboxylic acids is 1. The molecule has 2 aromatic heterocycles. The number of amides is 1. The Hall–Kier alpha value is -1.62. The van der Waals surface area contributed by atoms with E-state index in [1.54, 1.807) is 6.20 Å². The molecular weight excluding hydrogens is 282 g/mol. The highest BCUT2D eigenvalue weighted by Crippen LogP contribution is 2.32. The third-order valence-corrected chi connectivity index (χ3v) is 5.44. The van der Waals surface area contributed by atoms with Crippen molar-refractivity contribution >= 4 is 33.1 Å². The number of nitrogens with one attached hydrogen (secondary N) is 1. The molecular formula is C16H21N3OS. The Morgan fingerprint density at radius 1 is 1.38 bits per heavy atom. The normalized spacial score (nSPS) is 22.9. The molecule has 0 saturated heterocycles. The maximum Gasteiger partial charge on any atom is 0.263 e. The maximum absolute atomic E-state index is 12.5. The van der Waals surface area contributed by atoms with Gasteiger partial charge in [-0.1, -0.05) is 19.8 Å². The molecule has 1 amide bonds. The van der Waals surface area contributed by atoms with Crippen LogP contribution in [0.25, 0.3) is 10.2 Å². The molecule has 2 unspecified atom stereocenters. The summed E-state index contributed by atoms with van der Waals surface area (Å²) < 4.78 is 0.967. The molecule has 2 atom stereocenters. The molecule has 112 valence electrons. The van der Waals surface area contributed by atoms with Crippen LogP contribution in [0.15, 0.2) is 18.3 Å². The minimum Gasteiger partial charge on any atom is -0.396 e. The summed E-state index contributed by atoms with van der Waals surface area (Å²) in [4.78, 5) is 17.3. The van der Waals surface area contributed by atoms with E-state index in [0.717, 1.165) is 29.0 Å². The molecule has 0 aromatic carbocycles. The quantitative estimate of drug-likeness (QED) is 0.833. The van der Waals surface area contributed by atoms with E-state index in [-0.39, 0.29) is 11.9 Å². The van der Waals surface area contributed by atoms with Crippen LogP contribution in [-0.2, 0) is 0 Å². The number of thiophene rings is 1. The van der Waals surface area contributed by atoms with Crippen molar-refractivity contribution in [2.75, 3.05) is 5.73 Å². The van der Waals surface area contributed by atoms with Crippen LogP contribution in [0, 0.1) is 5.92 Å². The predicted octanol–water partition coefficient (Wildman–Crippen LogP) is 3.58. The zero-order chi connectivity index (χ0) is 14.8. The Kier molecular flexibility index (Phi) is 4.10. The molecule has 4 nitrogen and oxygen atoms in total. The number of carbonyl (C=O) groups is 1. The first-order valence-electron chi connectivity index (χ1n) is 7.59. The molecule has 0 spiro atoms. The molecule has 1 aliphatic rings. The SMILES string of the molecule is CC1CCCC(NC(=O)c2sc3cccnc3c2N)CC1. The second kappa shape index (κ2) is 6.02. The van der Waals surface area contributed by atoms with Gasteiger partial charge in [-0.2, -0.15) is 0 Å². The van der Waals surface area contributed by atoms with Crippen LogP contribution in [0.3, 0.4) is 0 Å². The average Bonchev–Trinajstić information content (AvgIpc) is 2.68. The van der Waals surface area contributed by atoms with Gasteiger partial charge in [-0.3, -0.25) is 9.78 Å². The van der Waals surface area contributed by atoms with E-state index >= 15 is 0 Å². The molecule has 1 fully saturated rings. The molecule has 21 heavy (non-hydrogen) atoms. The number of rotatable bonds is 2. The Morgan fingerprint density at radius 2 is 2.24 bits per heavy atom. The minimum absolute atomic E-state index is 0.0462. The van der Waals surface area contributed by atoms with Gasteiger partial charge in [0.25, 0.3) is 5.91 Å². The number of pyridine rings is 1. The van der Waals surface area contributed by atoms with Gasteiger partial charge in [0.05, 0.1) is 10.4 Å². The number of hydrogen-bond donors (Lipinski definition) is 2. The van der Waals surface area contributed by atoms with Gasteiger partial charge in [0.2, 0.25) is 0 Å². The van der Waals surface area contributed by atoms with Crippen LogP contribution in [0.4, 0.5) is 5.69 Å². The van der Waals surface area contributed by atoms with Gasteiger partial charge < -0.3 is 11.1 Å². The summed E-state index contributed by atoms with van der Waals surface area (Å²) in [6, 6.07) is 4.10. The summed E-state index contributed by atoms with van der Waals surface area (Å²) in [6.07, 6.45) is 7.49. The van der Waals surface area contributed by atoms with Crippen LogP contribution >= 0.6 is 11.3 Å².